The van der Waals surface area contributed by atoms with E-state index in [9.17, 15) is 4.79 Å². The number of hydrogen-bond donors (Lipinski definition) is 1. The normalized spacial score (nSPS) is 15.2. The number of aryl methyl sites for hydroxylation is 1. The number of carbonyl (C=O) groups is 1. The lowest BCUT2D eigenvalue weighted by molar-refractivity contribution is 0.0953. The second-order valence-electron chi connectivity index (χ2n) is 7.28. The van der Waals surface area contributed by atoms with Gasteiger partial charge in [-0.15, -0.1) is 11.3 Å². The van der Waals surface area contributed by atoms with Gasteiger partial charge in [-0.2, -0.15) is 0 Å². The number of nitrogens with one attached hydrogen (secondary N) is 1. The molecule has 25 heavy (non-hydrogen) atoms. The van der Waals surface area contributed by atoms with E-state index < -0.39 is 0 Å². The molecule has 1 aromatic heterocycles. The summed E-state index contributed by atoms with van der Waals surface area (Å²) in [6.07, 6.45) is 3.08. The molecule has 0 bridgehead atoms. The maximum atomic E-state index is 12.7. The van der Waals surface area contributed by atoms with Crippen molar-refractivity contribution in [1.82, 2.24) is 10.3 Å². The number of ether oxygens (including phenoxy) is 1. The number of nitrogens with zero attached hydrogens (tertiary/aromatic N) is 1. The number of amides is 1. The van der Waals surface area contributed by atoms with Gasteiger partial charge in [0.2, 0.25) is 0 Å². The van der Waals surface area contributed by atoms with E-state index in [1.165, 1.54) is 16.9 Å². The van der Waals surface area contributed by atoms with Crippen molar-refractivity contribution >= 4 is 17.2 Å². The summed E-state index contributed by atoms with van der Waals surface area (Å²) in [5.41, 5.74) is 2.04. The average molecular weight is 359 g/mol. The number of aromatic nitrogens is 1. The van der Waals surface area contributed by atoms with Crippen LogP contribution in [-0.2, 0) is 11.8 Å². The van der Waals surface area contributed by atoms with E-state index >= 15 is 0 Å². The molecule has 1 aromatic carbocycles. The van der Waals surface area contributed by atoms with E-state index in [-0.39, 0.29) is 11.3 Å². The van der Waals surface area contributed by atoms with Crippen LogP contribution >= 0.6 is 11.3 Å². The Morgan fingerprint density at radius 3 is 2.72 bits per heavy atom. The number of carbonyl (C=O) groups excluding carboxylic acids is 1. The van der Waals surface area contributed by atoms with Gasteiger partial charge in [0.15, 0.2) is 0 Å². The highest BCUT2D eigenvalue weighted by Crippen LogP contribution is 2.50. The number of benzene rings is 1. The smallest absolute Gasteiger partial charge is 0.263 e. The quantitative estimate of drug-likeness (QED) is 0.810. The molecule has 1 fully saturated rings. The van der Waals surface area contributed by atoms with Crippen LogP contribution in [0.2, 0.25) is 0 Å². The summed E-state index contributed by atoms with van der Waals surface area (Å²) in [4.78, 5) is 18.0. The Bertz CT molecular complexity index is 763. The zero-order valence-electron chi connectivity index (χ0n) is 15.4. The third kappa shape index (κ3) is 3.87. The van der Waals surface area contributed by atoms with Crippen molar-refractivity contribution in [2.75, 3.05) is 13.7 Å². The van der Waals surface area contributed by atoms with Gasteiger partial charge in [0.05, 0.1) is 17.8 Å². The molecule has 0 unspecified atom stereocenters. The van der Waals surface area contributed by atoms with E-state index in [4.69, 9.17) is 4.74 Å². The molecule has 1 saturated carbocycles. The van der Waals surface area contributed by atoms with Crippen LogP contribution in [0.4, 0.5) is 0 Å². The number of hydrogen-bond acceptors (Lipinski definition) is 4. The molecular formula is C20H26N2O2S. The molecule has 0 aliphatic heterocycles. The Morgan fingerprint density at radius 2 is 2.08 bits per heavy atom. The highest BCUT2D eigenvalue weighted by atomic mass is 32.1. The lowest BCUT2D eigenvalue weighted by atomic mass is 9.95. The Labute approximate surface area is 153 Å². The summed E-state index contributed by atoms with van der Waals surface area (Å²) in [6.45, 7) is 6.90. The Hall–Kier alpha value is -1.88. The van der Waals surface area contributed by atoms with Gasteiger partial charge in [0.1, 0.15) is 10.6 Å². The predicted octanol–water partition coefficient (Wildman–Crippen LogP) is 4.12. The topological polar surface area (TPSA) is 51.2 Å². The first kappa shape index (κ1) is 17.9. The van der Waals surface area contributed by atoms with Gasteiger partial charge in [-0.25, -0.2) is 4.98 Å². The van der Waals surface area contributed by atoms with Crippen molar-refractivity contribution in [3.8, 4) is 5.75 Å². The molecular weight excluding hydrogens is 332 g/mol. The van der Waals surface area contributed by atoms with E-state index in [0.29, 0.717) is 12.5 Å². The zero-order valence-corrected chi connectivity index (χ0v) is 16.2. The molecule has 1 aliphatic carbocycles. The molecule has 0 saturated heterocycles. The molecule has 3 rings (SSSR count). The minimum atomic E-state index is -0.00817. The third-order valence-corrected chi connectivity index (χ3v) is 5.93. The van der Waals surface area contributed by atoms with Gasteiger partial charge in [-0.3, -0.25) is 4.79 Å². The van der Waals surface area contributed by atoms with Crippen molar-refractivity contribution in [2.24, 2.45) is 5.92 Å². The lowest BCUT2D eigenvalue weighted by Gasteiger charge is -2.19. The second kappa shape index (κ2) is 7.16. The summed E-state index contributed by atoms with van der Waals surface area (Å²) in [5, 5.41) is 4.18. The van der Waals surface area contributed by atoms with Crippen molar-refractivity contribution in [3.05, 3.63) is 45.4 Å². The van der Waals surface area contributed by atoms with Gasteiger partial charge >= 0.3 is 0 Å². The minimum absolute atomic E-state index is 0.00817. The molecule has 0 radical (unpaired) electrons. The minimum Gasteiger partial charge on any atom is -0.496 e. The molecule has 1 amide bonds. The monoisotopic (exact) mass is 358 g/mol. The number of rotatable bonds is 7. The standard InChI is InChI=1S/C20H26N2O2S/c1-13(2)11-17-22-14(3)18(25-17)19(23)21-12-20(9-10-20)15-7-5-6-8-16(15)24-4/h5-8,13H,9-12H2,1-4H3,(H,21,23). The van der Waals surface area contributed by atoms with E-state index in [2.05, 4.69) is 30.2 Å². The van der Waals surface area contributed by atoms with Crippen molar-refractivity contribution in [3.63, 3.8) is 0 Å². The highest BCUT2D eigenvalue weighted by molar-refractivity contribution is 7.13. The first-order chi connectivity index (χ1) is 11.9. The number of para-hydroxylation sites is 1. The van der Waals surface area contributed by atoms with Crippen molar-refractivity contribution in [2.45, 2.75) is 45.4 Å². The van der Waals surface area contributed by atoms with Crippen LogP contribution in [0.25, 0.3) is 0 Å². The Kier molecular flexibility index (Phi) is 5.13. The van der Waals surface area contributed by atoms with Crippen molar-refractivity contribution < 1.29 is 9.53 Å². The van der Waals surface area contributed by atoms with Crippen LogP contribution in [0, 0.1) is 12.8 Å². The van der Waals surface area contributed by atoms with Crippen LogP contribution in [-0.4, -0.2) is 24.5 Å². The molecule has 134 valence electrons. The number of methoxy groups -OCH3 is 1. The van der Waals surface area contributed by atoms with Crippen LogP contribution in [0.5, 0.6) is 5.75 Å². The summed E-state index contributed by atoms with van der Waals surface area (Å²) >= 11 is 1.52. The van der Waals surface area contributed by atoms with Gasteiger partial charge in [-0.1, -0.05) is 32.0 Å². The van der Waals surface area contributed by atoms with Gasteiger partial charge in [0.25, 0.3) is 5.91 Å². The number of thiazole rings is 1. The van der Waals surface area contributed by atoms with Crippen LogP contribution in [0.1, 0.15) is 52.6 Å². The molecule has 2 aromatic rings. The van der Waals surface area contributed by atoms with E-state index in [1.54, 1.807) is 7.11 Å². The van der Waals surface area contributed by atoms with Gasteiger partial charge < -0.3 is 10.1 Å². The molecule has 1 heterocycles. The first-order valence-corrected chi connectivity index (χ1v) is 9.65. The van der Waals surface area contributed by atoms with Crippen LogP contribution in [0.3, 0.4) is 0 Å². The molecule has 0 spiro atoms. The van der Waals surface area contributed by atoms with Gasteiger partial charge in [0, 0.05) is 23.9 Å². The Morgan fingerprint density at radius 1 is 1.36 bits per heavy atom. The SMILES string of the molecule is COc1ccccc1C1(CNC(=O)c2sc(CC(C)C)nc2C)CC1. The van der Waals surface area contributed by atoms with Crippen LogP contribution < -0.4 is 10.1 Å². The summed E-state index contributed by atoms with van der Waals surface area (Å²) < 4.78 is 5.50. The molecule has 5 heteroatoms. The van der Waals surface area contributed by atoms with Crippen LogP contribution in [0.15, 0.2) is 24.3 Å². The zero-order chi connectivity index (χ0) is 18.0. The summed E-state index contributed by atoms with van der Waals surface area (Å²) in [6, 6.07) is 8.11. The maximum absolute atomic E-state index is 12.7. The molecule has 4 nitrogen and oxygen atoms in total. The fraction of sp³-hybridized carbons (Fsp3) is 0.500. The summed E-state index contributed by atoms with van der Waals surface area (Å²) in [7, 11) is 1.70. The Balaban J connectivity index is 1.69. The largest absolute Gasteiger partial charge is 0.496 e. The van der Waals surface area contributed by atoms with E-state index in [0.717, 1.165) is 40.6 Å². The first-order valence-electron chi connectivity index (χ1n) is 8.83. The fourth-order valence-electron chi connectivity index (χ4n) is 3.20. The predicted molar refractivity (Wildman–Crippen MR) is 102 cm³/mol. The molecule has 1 aliphatic rings. The maximum Gasteiger partial charge on any atom is 0.263 e. The summed E-state index contributed by atoms with van der Waals surface area (Å²) in [5.74, 6) is 1.44. The average Bonchev–Trinajstić information content (AvgIpc) is 3.29. The molecule has 0 atom stereocenters. The third-order valence-electron chi connectivity index (χ3n) is 4.75. The highest BCUT2D eigenvalue weighted by Gasteiger charge is 2.46. The second-order valence-corrected chi connectivity index (χ2v) is 8.37. The lowest BCUT2D eigenvalue weighted by Crippen LogP contribution is -2.32. The van der Waals surface area contributed by atoms with E-state index in [1.807, 2.05) is 25.1 Å². The molecule has 1 N–H and O–H groups in total. The fourth-order valence-corrected chi connectivity index (χ4v) is 4.40. The van der Waals surface area contributed by atoms with Gasteiger partial charge in [-0.05, 0) is 31.7 Å². The van der Waals surface area contributed by atoms with Crippen molar-refractivity contribution in [1.29, 1.82) is 0 Å².